The first-order chi connectivity index (χ1) is 15.9. The molecule has 1 aromatic carbocycles. The number of benzene rings is 1. The van der Waals surface area contributed by atoms with Gasteiger partial charge in [-0.05, 0) is 44.9 Å². The average Bonchev–Trinajstić information content (AvgIpc) is 3.38. The van der Waals surface area contributed by atoms with Gasteiger partial charge in [-0.15, -0.1) is 0 Å². The lowest BCUT2D eigenvalue weighted by molar-refractivity contribution is -0.0269. The predicted molar refractivity (Wildman–Crippen MR) is 103 cm³/mol. The summed E-state index contributed by atoms with van der Waals surface area (Å²) >= 11 is 0. The van der Waals surface area contributed by atoms with Crippen LogP contribution in [-0.2, 0) is 4.84 Å². The smallest absolute Gasteiger partial charge is 0.182 e. The Kier molecular flexibility index (Phi) is 2.97. The van der Waals surface area contributed by atoms with Gasteiger partial charge in [0.1, 0.15) is 17.4 Å². The summed E-state index contributed by atoms with van der Waals surface area (Å²) < 4.78 is 66.5. The third-order valence-corrected chi connectivity index (χ3v) is 4.21. The Balaban J connectivity index is 1.70. The number of amidine groups is 1. The monoisotopic (exact) mass is 390 g/mol. The molecule has 0 unspecified atom stereocenters. The Morgan fingerprint density at radius 2 is 2.25 bits per heavy atom. The first-order valence-electron chi connectivity index (χ1n) is 11.3. The molecule has 0 aliphatic carbocycles. The second-order valence-electron chi connectivity index (χ2n) is 6.20. The van der Waals surface area contributed by atoms with Gasteiger partial charge in [-0.25, -0.2) is 29.2 Å². The molecule has 0 radical (unpaired) electrons. The second kappa shape index (κ2) is 6.75. The third-order valence-electron chi connectivity index (χ3n) is 4.21. The van der Waals surface area contributed by atoms with E-state index >= 15 is 0 Å². The summed E-state index contributed by atoms with van der Waals surface area (Å²) in [5.41, 5.74) is 0.608. The van der Waals surface area contributed by atoms with Gasteiger partial charge in [-0.3, -0.25) is 0 Å². The minimum atomic E-state index is -3.07. The Morgan fingerprint density at radius 1 is 1.39 bits per heavy atom. The zero-order valence-electron chi connectivity index (χ0n) is 21.0. The molecule has 1 atom stereocenters. The van der Waals surface area contributed by atoms with Gasteiger partial charge in [0.05, 0.1) is 24.9 Å². The number of aromatic nitrogens is 3. The van der Waals surface area contributed by atoms with E-state index in [4.69, 9.17) is 17.8 Å². The maximum Gasteiger partial charge on any atom is 0.182 e. The lowest BCUT2D eigenvalue weighted by Crippen LogP contribution is -2.23. The van der Waals surface area contributed by atoms with Crippen LogP contribution in [0.3, 0.4) is 0 Å². The molecule has 146 valence electrons. The molecule has 1 aliphatic heterocycles. The normalized spacial score (nSPS) is 20.6. The van der Waals surface area contributed by atoms with Crippen molar-refractivity contribution in [1.29, 1.82) is 0 Å². The largest absolute Gasteiger partial charge is 0.496 e. The third kappa shape index (κ3) is 3.36. The molecule has 0 fully saturated rings. The quantitative estimate of drug-likeness (QED) is 0.697. The van der Waals surface area contributed by atoms with Crippen molar-refractivity contribution in [2.24, 2.45) is 4.99 Å². The van der Waals surface area contributed by atoms with Gasteiger partial charge >= 0.3 is 0 Å². The van der Waals surface area contributed by atoms with Gasteiger partial charge < -0.3 is 10.1 Å². The fraction of sp³-hybridized carbons (Fsp3) is 0.316. The summed E-state index contributed by atoms with van der Waals surface area (Å²) in [7, 11) is 1.49. The van der Waals surface area contributed by atoms with Gasteiger partial charge in [0.2, 0.25) is 0 Å². The maximum atomic E-state index is 13.8. The van der Waals surface area contributed by atoms with Crippen molar-refractivity contribution in [3.8, 4) is 5.75 Å². The van der Waals surface area contributed by atoms with E-state index in [9.17, 15) is 4.39 Å². The predicted octanol–water partition coefficient (Wildman–Crippen LogP) is 3.07. The van der Waals surface area contributed by atoms with Crippen molar-refractivity contribution in [3.05, 3.63) is 53.6 Å². The number of ether oxygens (including phenoxy) is 1. The highest BCUT2D eigenvalue weighted by atomic mass is 19.1. The average molecular weight is 390 g/mol. The van der Waals surface area contributed by atoms with Crippen LogP contribution in [-0.4, -0.2) is 33.3 Å². The summed E-state index contributed by atoms with van der Waals surface area (Å²) in [4.78, 5) is 13.4. The molecule has 0 spiro atoms. The van der Waals surface area contributed by atoms with Gasteiger partial charge in [0.25, 0.3) is 0 Å². The van der Waals surface area contributed by atoms with Crippen LogP contribution in [0.2, 0.25) is 0 Å². The molecule has 2 aromatic heterocycles. The van der Waals surface area contributed by atoms with Crippen LogP contribution in [0.25, 0.3) is 5.65 Å². The lowest BCUT2D eigenvalue weighted by Gasteiger charge is -2.18. The Hall–Kier alpha value is -3.20. The van der Waals surface area contributed by atoms with Crippen LogP contribution in [0.5, 0.6) is 5.75 Å². The minimum Gasteiger partial charge on any atom is -0.496 e. The van der Waals surface area contributed by atoms with E-state index in [2.05, 4.69) is 25.9 Å². The first kappa shape index (κ1) is 12.3. The second-order valence-corrected chi connectivity index (χ2v) is 6.20. The van der Waals surface area contributed by atoms with Gasteiger partial charge in [-0.1, -0.05) is 0 Å². The number of anilines is 1. The fourth-order valence-corrected chi connectivity index (χ4v) is 2.90. The molecule has 9 heteroatoms. The Labute approximate surface area is 169 Å². The van der Waals surface area contributed by atoms with E-state index in [1.165, 1.54) is 36.0 Å². The highest BCUT2D eigenvalue weighted by molar-refractivity contribution is 6.03. The number of fused-ring (bicyclic) bond motifs is 1. The number of hydrogen-bond acceptors (Lipinski definition) is 7. The van der Waals surface area contributed by atoms with Crippen molar-refractivity contribution in [2.45, 2.75) is 32.4 Å². The summed E-state index contributed by atoms with van der Waals surface area (Å²) in [6.45, 7) is -4.34. The van der Waals surface area contributed by atoms with E-state index in [0.29, 0.717) is 17.1 Å². The van der Waals surface area contributed by atoms with Gasteiger partial charge in [-0.2, -0.15) is 5.10 Å². The molecule has 4 rings (SSSR count). The Morgan fingerprint density at radius 3 is 3.00 bits per heavy atom. The minimum absolute atomic E-state index is 0.133. The topological polar surface area (TPSA) is 85.1 Å². The highest BCUT2D eigenvalue weighted by Crippen LogP contribution is 2.28. The number of methoxy groups -OCH3 is 1. The van der Waals surface area contributed by atoms with E-state index in [0.717, 1.165) is 0 Å². The van der Waals surface area contributed by atoms with Crippen molar-refractivity contribution in [3.63, 3.8) is 0 Å². The van der Waals surface area contributed by atoms with Gasteiger partial charge in [0.15, 0.2) is 17.2 Å². The number of halogens is 1. The molecule has 1 aliphatic rings. The molecule has 3 heterocycles. The van der Waals surface area contributed by atoms with E-state index in [1.807, 2.05) is 0 Å². The molecular formula is C19H21FN6O2. The first-order valence-corrected chi connectivity index (χ1v) is 8.35. The zero-order chi connectivity index (χ0) is 24.9. The van der Waals surface area contributed by atoms with Crippen LogP contribution in [0, 0.1) is 5.82 Å². The number of hydrogen-bond donors (Lipinski definition) is 2. The van der Waals surface area contributed by atoms with E-state index in [1.54, 1.807) is 19.2 Å². The molecule has 0 saturated heterocycles. The molecule has 0 amide bonds. The number of aliphatic imine (C=N–C) groups is 1. The van der Waals surface area contributed by atoms with Crippen LogP contribution >= 0.6 is 0 Å². The molecule has 2 N–H and O–H groups in total. The van der Waals surface area contributed by atoms with Gasteiger partial charge in [0, 0.05) is 20.0 Å². The number of nitrogens with one attached hydrogen (secondary N) is 2. The number of hydroxylamine groups is 1. The summed E-state index contributed by atoms with van der Waals surface area (Å²) in [6.07, 6.45) is 2.95. The fourth-order valence-electron chi connectivity index (χ4n) is 2.90. The summed E-state index contributed by atoms with van der Waals surface area (Å²) in [5.74, 6) is 0.348. The van der Waals surface area contributed by atoms with Crippen molar-refractivity contribution >= 4 is 17.3 Å². The summed E-state index contributed by atoms with van der Waals surface area (Å²) in [6, 6.07) is 5.43. The summed E-state index contributed by atoms with van der Waals surface area (Å²) in [5, 5.41) is 7.31. The molecule has 3 aromatic rings. The van der Waals surface area contributed by atoms with Crippen LogP contribution in [0.4, 0.5) is 10.2 Å². The van der Waals surface area contributed by atoms with Crippen LogP contribution < -0.4 is 15.5 Å². The maximum absolute atomic E-state index is 13.8. The lowest BCUT2D eigenvalue weighted by atomic mass is 10.1. The Bertz CT molecular complexity index is 1240. The van der Waals surface area contributed by atoms with E-state index < -0.39 is 31.3 Å². The van der Waals surface area contributed by atoms with Crippen molar-refractivity contribution in [1.82, 2.24) is 20.1 Å². The molecule has 28 heavy (non-hydrogen) atoms. The molecule has 0 saturated carbocycles. The van der Waals surface area contributed by atoms with E-state index in [-0.39, 0.29) is 17.0 Å². The standard InChI is InChI=1S/C19H21FN6O2/c1-11(13-9-12(20)5-6-15(13)27-4)22-16-7-8-26-18(23-16)14(10-21-26)17-24-19(2,3)28-25-17/h5-11H,1-4H3,(H,22,23)(H,24,25)/t11-/m1/s1/i2D3,3D3. The van der Waals surface area contributed by atoms with Crippen molar-refractivity contribution < 1.29 is 22.2 Å². The molecular weight excluding hydrogens is 363 g/mol. The molecule has 0 bridgehead atoms. The highest BCUT2D eigenvalue weighted by Gasteiger charge is 2.28. The number of rotatable bonds is 5. The zero-order valence-corrected chi connectivity index (χ0v) is 15.0. The van der Waals surface area contributed by atoms with Crippen LogP contribution in [0.15, 0.2) is 41.7 Å². The SMILES string of the molecule is [2H]C([2H])([2H])C1(C([2H])([2H])[2H])N=C(c2cnn3ccc(N[C@H](C)c4cc(F)ccc4OC)nc23)NO1. The van der Waals surface area contributed by atoms with Crippen LogP contribution in [0.1, 0.15) is 46.0 Å². The van der Waals surface area contributed by atoms with Crippen molar-refractivity contribution in [2.75, 3.05) is 12.4 Å². The number of nitrogens with zero attached hydrogens (tertiary/aromatic N) is 4. The molecule has 8 nitrogen and oxygen atoms in total.